The molecule has 0 N–H and O–H groups in total. The van der Waals surface area contributed by atoms with Crippen LogP contribution in [0.3, 0.4) is 0 Å². The molecule has 1 aliphatic heterocycles. The average molecular weight is 322 g/mol. The van der Waals surface area contributed by atoms with E-state index in [1.54, 1.807) is 18.2 Å². The second-order valence-electron chi connectivity index (χ2n) is 6.20. The largest absolute Gasteiger partial charge is 0.274 e. The fourth-order valence-electron chi connectivity index (χ4n) is 4.20. The van der Waals surface area contributed by atoms with Crippen molar-refractivity contribution in [1.82, 2.24) is 0 Å². The minimum absolute atomic E-state index is 0.145. The zero-order chi connectivity index (χ0) is 14.9. The first-order valence-electron chi connectivity index (χ1n) is 6.97. The topological polar surface area (TPSA) is 37.4 Å². The molecule has 4 rings (SSSR count). The Morgan fingerprint density at radius 2 is 2.00 bits per heavy atom. The van der Waals surface area contributed by atoms with Crippen molar-refractivity contribution in [1.29, 1.82) is 0 Å². The number of imide groups is 1. The van der Waals surface area contributed by atoms with Gasteiger partial charge >= 0.3 is 0 Å². The molecule has 5 heteroatoms. The lowest BCUT2D eigenvalue weighted by molar-refractivity contribution is -0.127. The van der Waals surface area contributed by atoms with Crippen molar-refractivity contribution in [2.45, 2.75) is 13.3 Å². The number of allylic oxidation sites excluding steroid dienone is 2. The molecule has 1 saturated heterocycles. The van der Waals surface area contributed by atoms with Crippen molar-refractivity contribution in [3.8, 4) is 0 Å². The van der Waals surface area contributed by atoms with Crippen molar-refractivity contribution in [3.05, 3.63) is 40.4 Å². The SMILES string of the molecule is C[C@]12C(=O)N(c3cccc(Cl)c3Cl)C(=O)[C@@H]1[C@H]1C=C[C@H]2C1. The Hall–Kier alpha value is -1.32. The van der Waals surface area contributed by atoms with Crippen molar-refractivity contribution in [3.63, 3.8) is 0 Å². The summed E-state index contributed by atoms with van der Waals surface area (Å²) in [6, 6.07) is 5.02. The summed E-state index contributed by atoms with van der Waals surface area (Å²) >= 11 is 12.2. The van der Waals surface area contributed by atoms with Gasteiger partial charge in [0.15, 0.2) is 0 Å². The Balaban J connectivity index is 1.85. The van der Waals surface area contributed by atoms with E-state index in [9.17, 15) is 9.59 Å². The van der Waals surface area contributed by atoms with Gasteiger partial charge in [-0.05, 0) is 37.3 Å². The molecule has 0 radical (unpaired) electrons. The maximum atomic E-state index is 12.9. The van der Waals surface area contributed by atoms with Gasteiger partial charge in [0.2, 0.25) is 11.8 Å². The molecule has 3 aliphatic rings. The predicted octanol–water partition coefficient (Wildman–Crippen LogP) is 3.70. The number of anilines is 1. The van der Waals surface area contributed by atoms with E-state index in [0.29, 0.717) is 10.7 Å². The smallest absolute Gasteiger partial charge is 0.241 e. The first-order valence-corrected chi connectivity index (χ1v) is 7.72. The Labute approximate surface area is 132 Å². The Morgan fingerprint density at radius 1 is 1.24 bits per heavy atom. The molecule has 0 spiro atoms. The summed E-state index contributed by atoms with van der Waals surface area (Å²) in [4.78, 5) is 27.0. The van der Waals surface area contributed by atoms with Crippen molar-refractivity contribution in [2.75, 3.05) is 4.90 Å². The van der Waals surface area contributed by atoms with Gasteiger partial charge in [0.25, 0.3) is 0 Å². The van der Waals surface area contributed by atoms with Gasteiger partial charge in [0.1, 0.15) is 0 Å². The highest BCUT2D eigenvalue weighted by Gasteiger charge is 2.67. The number of carbonyl (C=O) groups is 2. The summed E-state index contributed by atoms with van der Waals surface area (Å²) in [6.45, 7) is 1.91. The van der Waals surface area contributed by atoms with Crippen LogP contribution < -0.4 is 4.90 Å². The molecule has 0 aromatic heterocycles. The second kappa shape index (κ2) is 4.11. The molecule has 2 bridgehead atoms. The van der Waals surface area contributed by atoms with Crippen molar-refractivity contribution in [2.24, 2.45) is 23.2 Å². The predicted molar refractivity (Wildman–Crippen MR) is 81.3 cm³/mol. The molecule has 1 aromatic carbocycles. The standard InChI is InChI=1S/C16H13Cl2NO2/c1-16-9-6-5-8(7-9)12(16)14(20)19(15(16)21)11-4-2-3-10(17)13(11)18/h2-6,8-9,12H,7H2,1H3/t8-,9-,12-,16+/m0/s1. The number of hydrogen-bond acceptors (Lipinski definition) is 2. The second-order valence-corrected chi connectivity index (χ2v) is 6.99. The van der Waals surface area contributed by atoms with E-state index in [0.717, 1.165) is 6.42 Å². The fraction of sp³-hybridized carbons (Fsp3) is 0.375. The lowest BCUT2D eigenvalue weighted by Gasteiger charge is -2.28. The van der Waals surface area contributed by atoms with Crippen LogP contribution in [0.4, 0.5) is 5.69 Å². The third-order valence-corrected chi connectivity index (χ3v) is 6.09. The number of hydrogen-bond donors (Lipinski definition) is 0. The van der Waals surface area contributed by atoms with Gasteiger partial charge in [-0.25, -0.2) is 4.90 Å². The quantitative estimate of drug-likeness (QED) is 0.584. The Morgan fingerprint density at radius 3 is 2.71 bits per heavy atom. The molecule has 2 amide bonds. The third kappa shape index (κ3) is 1.46. The summed E-state index contributed by atoms with van der Waals surface area (Å²) in [5, 5.41) is 0.600. The van der Waals surface area contributed by atoms with Gasteiger partial charge in [0, 0.05) is 0 Å². The van der Waals surface area contributed by atoms with Gasteiger partial charge < -0.3 is 0 Å². The zero-order valence-electron chi connectivity index (χ0n) is 11.3. The maximum Gasteiger partial charge on any atom is 0.241 e. The van der Waals surface area contributed by atoms with E-state index in [2.05, 4.69) is 12.2 Å². The van der Waals surface area contributed by atoms with E-state index < -0.39 is 5.41 Å². The molecule has 4 atom stereocenters. The van der Waals surface area contributed by atoms with E-state index in [-0.39, 0.29) is 34.6 Å². The first-order chi connectivity index (χ1) is 9.96. The molecule has 1 aromatic rings. The van der Waals surface area contributed by atoms with Crippen LogP contribution in [-0.2, 0) is 9.59 Å². The summed E-state index contributed by atoms with van der Waals surface area (Å²) in [6.07, 6.45) is 5.05. The highest BCUT2D eigenvalue weighted by molar-refractivity contribution is 6.45. The molecule has 2 fully saturated rings. The monoisotopic (exact) mass is 321 g/mol. The van der Waals surface area contributed by atoms with Gasteiger partial charge in [-0.3, -0.25) is 9.59 Å². The lowest BCUT2D eigenvalue weighted by Crippen LogP contribution is -2.37. The summed E-state index contributed by atoms with van der Waals surface area (Å²) in [5.74, 6) is -0.261. The Bertz CT molecular complexity index is 714. The first kappa shape index (κ1) is 13.4. The van der Waals surface area contributed by atoms with Crippen molar-refractivity contribution >= 4 is 40.7 Å². The van der Waals surface area contributed by atoms with Crippen LogP contribution >= 0.6 is 23.2 Å². The molecule has 1 saturated carbocycles. The molecule has 3 nitrogen and oxygen atoms in total. The maximum absolute atomic E-state index is 12.9. The van der Waals surface area contributed by atoms with Gasteiger partial charge in [0.05, 0.1) is 27.1 Å². The average Bonchev–Trinajstić information content (AvgIpc) is 3.07. The normalized spacial score (nSPS) is 36.7. The fourth-order valence-corrected chi connectivity index (χ4v) is 4.58. The number of amides is 2. The minimum Gasteiger partial charge on any atom is -0.274 e. The Kier molecular flexibility index (Phi) is 2.61. The van der Waals surface area contributed by atoms with Crippen LogP contribution in [0.25, 0.3) is 0 Å². The lowest BCUT2D eigenvalue weighted by atomic mass is 9.71. The number of fused-ring (bicyclic) bond motifs is 5. The number of nitrogens with zero attached hydrogens (tertiary/aromatic N) is 1. The number of benzene rings is 1. The third-order valence-electron chi connectivity index (χ3n) is 5.28. The summed E-state index contributed by atoms with van der Waals surface area (Å²) in [5.41, 5.74) is -0.239. The van der Waals surface area contributed by atoms with Crippen LogP contribution in [0, 0.1) is 23.2 Å². The van der Waals surface area contributed by atoms with Crippen LogP contribution in [-0.4, -0.2) is 11.8 Å². The molecule has 1 heterocycles. The molecule has 21 heavy (non-hydrogen) atoms. The van der Waals surface area contributed by atoms with E-state index in [4.69, 9.17) is 23.2 Å². The van der Waals surface area contributed by atoms with E-state index in [1.165, 1.54) is 4.90 Å². The minimum atomic E-state index is -0.637. The molecule has 2 aliphatic carbocycles. The van der Waals surface area contributed by atoms with Crippen LogP contribution in [0.2, 0.25) is 10.0 Å². The molecular formula is C16H13Cl2NO2. The van der Waals surface area contributed by atoms with Gasteiger partial charge in [-0.15, -0.1) is 0 Å². The van der Waals surface area contributed by atoms with Crippen LogP contribution in [0.1, 0.15) is 13.3 Å². The van der Waals surface area contributed by atoms with E-state index >= 15 is 0 Å². The zero-order valence-corrected chi connectivity index (χ0v) is 12.9. The highest BCUT2D eigenvalue weighted by Crippen LogP contribution is 2.61. The highest BCUT2D eigenvalue weighted by atomic mass is 35.5. The molecular weight excluding hydrogens is 309 g/mol. The van der Waals surface area contributed by atoms with Gasteiger partial charge in [-0.1, -0.05) is 41.4 Å². The van der Waals surface area contributed by atoms with Crippen LogP contribution in [0.5, 0.6) is 0 Å². The van der Waals surface area contributed by atoms with Crippen LogP contribution in [0.15, 0.2) is 30.4 Å². The van der Waals surface area contributed by atoms with E-state index in [1.807, 2.05) is 6.92 Å². The summed E-state index contributed by atoms with van der Waals surface area (Å²) < 4.78 is 0. The number of carbonyl (C=O) groups excluding carboxylic acids is 2. The van der Waals surface area contributed by atoms with Gasteiger partial charge in [-0.2, -0.15) is 0 Å². The molecule has 0 unspecified atom stereocenters. The number of halogens is 2. The molecule has 108 valence electrons. The summed E-state index contributed by atoms with van der Waals surface area (Å²) in [7, 11) is 0. The van der Waals surface area contributed by atoms with Crippen molar-refractivity contribution < 1.29 is 9.59 Å². The number of rotatable bonds is 1.